The number of halogens is 3. The summed E-state index contributed by atoms with van der Waals surface area (Å²) in [4.78, 5) is 3.99. The minimum absolute atomic E-state index is 0.170. The van der Waals surface area contributed by atoms with E-state index in [9.17, 15) is 28.5 Å². The van der Waals surface area contributed by atoms with E-state index < -0.39 is 42.1 Å². The number of thioether (sulfide) groups is 1. The number of hydrogen-bond donors (Lipinski definition) is 5. The summed E-state index contributed by atoms with van der Waals surface area (Å²) >= 11 is 0.928. The van der Waals surface area contributed by atoms with Crippen LogP contribution in [0, 0.1) is 0 Å². The van der Waals surface area contributed by atoms with Crippen LogP contribution in [0.15, 0.2) is 4.99 Å². The number of nitrogens with zero attached hydrogens (tertiary/aromatic N) is 1. The number of alkyl halides is 3. The molecule has 0 aromatic rings. The van der Waals surface area contributed by atoms with E-state index in [1.165, 1.54) is 0 Å². The minimum atomic E-state index is -4.97. The van der Waals surface area contributed by atoms with Gasteiger partial charge >= 0.3 is 6.18 Å². The normalized spacial score (nSPS) is 37.9. The summed E-state index contributed by atoms with van der Waals surface area (Å²) in [5.41, 5.74) is -0.952. The van der Waals surface area contributed by atoms with E-state index in [1.54, 1.807) is 0 Å². The van der Waals surface area contributed by atoms with Crippen molar-refractivity contribution in [1.82, 2.24) is 5.32 Å². The summed E-state index contributed by atoms with van der Waals surface area (Å²) in [6.45, 7) is 0.00882. The van der Waals surface area contributed by atoms with E-state index in [-0.39, 0.29) is 18.3 Å². The lowest BCUT2D eigenvalue weighted by atomic mass is 9.94. The molecule has 122 valence electrons. The van der Waals surface area contributed by atoms with Crippen molar-refractivity contribution in [3.63, 3.8) is 0 Å². The SMILES string of the molecule is OCCNC1=N[C@@H]2[C@@H](O)[C@H](O)[C@@H]([C@@H](O)C(F)(F)F)O[C@@H]2S1. The highest BCUT2D eigenvalue weighted by Gasteiger charge is 2.55. The Morgan fingerprint density at radius 3 is 2.57 bits per heavy atom. The zero-order valence-electron chi connectivity index (χ0n) is 10.6. The van der Waals surface area contributed by atoms with Crippen LogP contribution < -0.4 is 5.32 Å². The molecule has 0 radical (unpaired) electrons. The van der Waals surface area contributed by atoms with Crippen molar-refractivity contribution >= 4 is 16.9 Å². The molecule has 11 heteroatoms. The van der Waals surface area contributed by atoms with Gasteiger partial charge in [0.15, 0.2) is 11.3 Å². The van der Waals surface area contributed by atoms with Crippen molar-refractivity contribution in [2.75, 3.05) is 13.2 Å². The van der Waals surface area contributed by atoms with Crippen molar-refractivity contribution in [1.29, 1.82) is 0 Å². The Morgan fingerprint density at radius 2 is 2.00 bits per heavy atom. The lowest BCUT2D eigenvalue weighted by Gasteiger charge is -2.40. The predicted octanol–water partition coefficient (Wildman–Crippen LogP) is -1.59. The van der Waals surface area contributed by atoms with E-state index >= 15 is 0 Å². The highest BCUT2D eigenvalue weighted by molar-refractivity contribution is 8.14. The average Bonchev–Trinajstić information content (AvgIpc) is 2.82. The number of nitrogens with one attached hydrogen (secondary N) is 1. The molecule has 2 rings (SSSR count). The van der Waals surface area contributed by atoms with Gasteiger partial charge in [-0.1, -0.05) is 11.8 Å². The van der Waals surface area contributed by atoms with Gasteiger partial charge in [-0.2, -0.15) is 13.2 Å². The first kappa shape index (κ1) is 16.8. The fraction of sp³-hybridized carbons (Fsp3) is 0.900. The summed E-state index contributed by atoms with van der Waals surface area (Å²) in [5.74, 6) is 0. The van der Waals surface area contributed by atoms with Gasteiger partial charge in [0.2, 0.25) is 0 Å². The Labute approximate surface area is 121 Å². The number of aliphatic hydroxyl groups is 4. The molecule has 0 aliphatic carbocycles. The highest BCUT2D eigenvalue weighted by atomic mass is 32.2. The second-order valence-electron chi connectivity index (χ2n) is 4.63. The zero-order valence-corrected chi connectivity index (χ0v) is 11.4. The molecular formula is C10H15F3N2O5S. The van der Waals surface area contributed by atoms with Crippen molar-refractivity contribution in [3.8, 4) is 0 Å². The molecule has 1 fully saturated rings. The van der Waals surface area contributed by atoms with Crippen LogP contribution >= 0.6 is 11.8 Å². The Balaban J connectivity index is 2.08. The maximum atomic E-state index is 12.5. The Bertz CT molecular complexity index is 411. The van der Waals surface area contributed by atoms with Crippen molar-refractivity contribution < 1.29 is 38.3 Å². The number of aliphatic hydroxyl groups excluding tert-OH is 4. The molecule has 0 unspecified atom stereocenters. The predicted molar refractivity (Wildman–Crippen MR) is 66.6 cm³/mol. The first-order valence-corrected chi connectivity index (χ1v) is 6.99. The first-order valence-electron chi connectivity index (χ1n) is 6.11. The quantitative estimate of drug-likeness (QED) is 0.423. The van der Waals surface area contributed by atoms with Crippen LogP contribution in [0.25, 0.3) is 0 Å². The molecule has 2 aliphatic rings. The van der Waals surface area contributed by atoms with Gasteiger partial charge in [-0.25, -0.2) is 0 Å². The van der Waals surface area contributed by atoms with Crippen LogP contribution in [0.1, 0.15) is 0 Å². The summed E-state index contributed by atoms with van der Waals surface area (Å²) in [6.07, 6.45) is -13.4. The Kier molecular flexibility index (Phi) is 5.00. The van der Waals surface area contributed by atoms with E-state index in [4.69, 9.17) is 9.84 Å². The van der Waals surface area contributed by atoms with Gasteiger partial charge < -0.3 is 30.5 Å². The summed E-state index contributed by atoms with van der Waals surface area (Å²) in [5, 5.41) is 40.5. The summed E-state index contributed by atoms with van der Waals surface area (Å²) in [7, 11) is 0. The molecule has 2 heterocycles. The van der Waals surface area contributed by atoms with Gasteiger partial charge in [-0.3, -0.25) is 4.99 Å². The van der Waals surface area contributed by atoms with E-state index in [0.717, 1.165) is 11.8 Å². The number of hydrogen-bond acceptors (Lipinski definition) is 8. The molecule has 0 aromatic carbocycles. The monoisotopic (exact) mass is 332 g/mol. The topological polar surface area (TPSA) is 115 Å². The van der Waals surface area contributed by atoms with Crippen LogP contribution in [0.4, 0.5) is 13.2 Å². The van der Waals surface area contributed by atoms with E-state index in [1.807, 2.05) is 0 Å². The molecule has 0 aromatic heterocycles. The number of amidine groups is 1. The van der Waals surface area contributed by atoms with Crippen LogP contribution in [0.3, 0.4) is 0 Å². The van der Waals surface area contributed by atoms with E-state index in [2.05, 4.69) is 10.3 Å². The molecule has 0 saturated carbocycles. The lowest BCUT2D eigenvalue weighted by Crippen LogP contribution is -2.60. The third kappa shape index (κ3) is 3.43. The minimum Gasteiger partial charge on any atom is -0.395 e. The van der Waals surface area contributed by atoms with Gasteiger partial charge in [0.25, 0.3) is 0 Å². The molecule has 2 aliphatic heterocycles. The van der Waals surface area contributed by atoms with Gasteiger partial charge in [0.05, 0.1) is 6.61 Å². The number of rotatable bonds is 3. The van der Waals surface area contributed by atoms with Gasteiger partial charge in [0.1, 0.15) is 29.8 Å². The fourth-order valence-corrected chi connectivity index (χ4v) is 3.21. The zero-order chi connectivity index (χ0) is 15.8. The third-order valence-corrected chi connectivity index (χ3v) is 4.23. The highest BCUT2D eigenvalue weighted by Crippen LogP contribution is 2.38. The summed E-state index contributed by atoms with van der Waals surface area (Å²) in [6, 6.07) is -0.942. The van der Waals surface area contributed by atoms with Crippen LogP contribution in [0.5, 0.6) is 0 Å². The largest absolute Gasteiger partial charge is 0.417 e. The summed E-state index contributed by atoms with van der Waals surface area (Å²) < 4.78 is 42.6. The standard InChI is InChI=1S/C10H15F3N2O5S/c11-10(12,13)7(19)6-5(18)4(17)3-8(20-6)21-9(15-3)14-1-2-16/h3-8,16-19H,1-2H2,(H,14,15)/t3-,4-,5+,6+,7-,8-/m1/s1. The molecule has 0 spiro atoms. The molecular weight excluding hydrogens is 317 g/mol. The van der Waals surface area contributed by atoms with E-state index in [0.29, 0.717) is 0 Å². The molecule has 6 atom stereocenters. The number of ether oxygens (including phenoxy) is 1. The third-order valence-electron chi connectivity index (χ3n) is 3.14. The maximum Gasteiger partial charge on any atom is 0.417 e. The van der Waals surface area contributed by atoms with Crippen molar-refractivity contribution in [2.24, 2.45) is 4.99 Å². The smallest absolute Gasteiger partial charge is 0.395 e. The maximum absolute atomic E-state index is 12.5. The number of fused-ring (bicyclic) bond motifs is 1. The molecule has 1 saturated heterocycles. The molecule has 21 heavy (non-hydrogen) atoms. The average molecular weight is 332 g/mol. The molecule has 0 bridgehead atoms. The second-order valence-corrected chi connectivity index (χ2v) is 5.72. The van der Waals surface area contributed by atoms with Crippen molar-refractivity contribution in [2.45, 2.75) is 42.1 Å². The van der Waals surface area contributed by atoms with Gasteiger partial charge in [-0.05, 0) is 0 Å². The first-order chi connectivity index (χ1) is 9.75. The number of aliphatic imine (C=N–C) groups is 1. The second kappa shape index (κ2) is 6.26. The molecule has 7 nitrogen and oxygen atoms in total. The van der Waals surface area contributed by atoms with Crippen LogP contribution in [0.2, 0.25) is 0 Å². The Morgan fingerprint density at radius 1 is 1.33 bits per heavy atom. The molecule has 5 N–H and O–H groups in total. The molecule has 0 amide bonds. The van der Waals surface area contributed by atoms with Crippen molar-refractivity contribution in [3.05, 3.63) is 0 Å². The van der Waals surface area contributed by atoms with Crippen LogP contribution in [-0.2, 0) is 4.74 Å². The van der Waals surface area contributed by atoms with Crippen LogP contribution in [-0.4, -0.2) is 80.8 Å². The lowest BCUT2D eigenvalue weighted by molar-refractivity contribution is -0.271. The van der Waals surface area contributed by atoms with Gasteiger partial charge in [0, 0.05) is 6.54 Å². The van der Waals surface area contributed by atoms with Gasteiger partial charge in [-0.15, -0.1) is 0 Å². The Hall–Kier alpha value is -0.590. The fourth-order valence-electron chi connectivity index (χ4n) is 2.08.